The van der Waals surface area contributed by atoms with Crippen molar-refractivity contribution in [2.24, 2.45) is 0 Å². The Morgan fingerprint density at radius 2 is 1.56 bits per heavy atom. The average Bonchev–Trinajstić information content (AvgIpc) is 2.39. The molecule has 0 amide bonds. The van der Waals surface area contributed by atoms with Gasteiger partial charge in [0.25, 0.3) is 0 Å². The van der Waals surface area contributed by atoms with Crippen LogP contribution in [0.15, 0.2) is 9.59 Å². The minimum Gasteiger partial charge on any atom is -0.297 e. The van der Waals surface area contributed by atoms with Crippen molar-refractivity contribution in [3.63, 3.8) is 0 Å². The van der Waals surface area contributed by atoms with E-state index in [0.29, 0.717) is 0 Å². The first kappa shape index (κ1) is 14.1. The van der Waals surface area contributed by atoms with Gasteiger partial charge in [0.2, 0.25) is 0 Å². The van der Waals surface area contributed by atoms with Gasteiger partial charge >= 0.3 is 11.4 Å². The molecule has 100 valence electrons. The number of Topliss-reactive ketones (excluding diaryl/α,β-unsaturated/α-hetero) is 2. The summed E-state index contributed by atoms with van der Waals surface area (Å²) in [6.45, 7) is 7.45. The molecule has 1 N–H and O–H groups in total. The van der Waals surface area contributed by atoms with Gasteiger partial charge in [0.15, 0.2) is 17.6 Å². The van der Waals surface area contributed by atoms with Crippen LogP contribution in [0.25, 0.3) is 0 Å². The van der Waals surface area contributed by atoms with Gasteiger partial charge in [-0.15, -0.1) is 0 Å². The summed E-state index contributed by atoms with van der Waals surface area (Å²) in [7, 11) is 0. The number of aromatic amines is 1. The van der Waals surface area contributed by atoms with Crippen molar-refractivity contribution in [2.45, 2.75) is 46.2 Å². The third-order valence-electron chi connectivity index (χ3n) is 2.52. The Bertz CT molecular complexity index is 583. The fourth-order valence-corrected chi connectivity index (χ4v) is 1.81. The van der Waals surface area contributed by atoms with E-state index in [1.165, 1.54) is 13.8 Å². The highest BCUT2D eigenvalue weighted by atomic mass is 16.2. The maximum atomic E-state index is 12.1. The minimum atomic E-state index is -1.27. The first-order valence-electron chi connectivity index (χ1n) is 5.52. The molecule has 0 aliphatic heterocycles. The summed E-state index contributed by atoms with van der Waals surface area (Å²) in [6.07, 6.45) is 0. The van der Waals surface area contributed by atoms with Gasteiger partial charge in [-0.3, -0.25) is 9.59 Å². The number of aromatic nitrogens is 3. The van der Waals surface area contributed by atoms with Crippen LogP contribution in [0.2, 0.25) is 0 Å². The zero-order chi connectivity index (χ0) is 14.2. The van der Waals surface area contributed by atoms with Crippen LogP contribution in [0.4, 0.5) is 0 Å². The lowest BCUT2D eigenvalue weighted by atomic mass is 10.1. The predicted octanol–water partition coefficient (Wildman–Crippen LogP) is -0.188. The first-order valence-corrected chi connectivity index (χ1v) is 5.52. The third kappa shape index (κ3) is 2.34. The van der Waals surface area contributed by atoms with E-state index >= 15 is 0 Å². The molecular formula is C11H17N3O4. The zero-order valence-corrected chi connectivity index (χ0v) is 11.1. The van der Waals surface area contributed by atoms with Crippen LogP contribution in [0.5, 0.6) is 0 Å². The molecule has 1 aromatic rings. The van der Waals surface area contributed by atoms with E-state index in [9.17, 15) is 19.2 Å². The van der Waals surface area contributed by atoms with Crippen molar-refractivity contribution < 1.29 is 9.59 Å². The van der Waals surface area contributed by atoms with Gasteiger partial charge in [-0.2, -0.15) is 0 Å². The van der Waals surface area contributed by atoms with E-state index < -0.39 is 34.5 Å². The van der Waals surface area contributed by atoms with E-state index in [2.05, 4.69) is 5.10 Å². The highest BCUT2D eigenvalue weighted by Gasteiger charge is 2.29. The van der Waals surface area contributed by atoms with E-state index in [4.69, 9.17) is 0 Å². The quantitative estimate of drug-likeness (QED) is 0.757. The van der Waals surface area contributed by atoms with E-state index in [1.807, 2.05) is 0 Å². The number of hydrogen-bond donors (Lipinski definition) is 1. The molecule has 0 bridgehead atoms. The van der Waals surface area contributed by atoms with Gasteiger partial charge in [0.05, 0.1) is 0 Å². The molecule has 0 atom stereocenters. The first-order chi connectivity index (χ1) is 8.07. The average molecular weight is 255 g/mol. The van der Waals surface area contributed by atoms with Crippen LogP contribution in [-0.2, 0) is 15.1 Å². The Morgan fingerprint density at radius 1 is 1.11 bits per heavy atom. The fraction of sp³-hybridized carbons (Fsp3) is 0.636. The summed E-state index contributed by atoms with van der Waals surface area (Å²) >= 11 is 0. The third-order valence-corrected chi connectivity index (χ3v) is 2.52. The molecule has 1 aromatic heterocycles. The Morgan fingerprint density at radius 3 is 1.83 bits per heavy atom. The molecule has 0 aromatic carbocycles. The molecule has 18 heavy (non-hydrogen) atoms. The molecule has 0 fully saturated rings. The lowest BCUT2D eigenvalue weighted by Gasteiger charge is -2.17. The zero-order valence-electron chi connectivity index (χ0n) is 11.1. The largest absolute Gasteiger partial charge is 0.348 e. The van der Waals surface area contributed by atoms with Crippen LogP contribution in [-0.4, -0.2) is 25.9 Å². The van der Waals surface area contributed by atoms with Crippen molar-refractivity contribution in [1.29, 1.82) is 0 Å². The van der Waals surface area contributed by atoms with Crippen molar-refractivity contribution in [3.05, 3.63) is 21.0 Å². The summed E-state index contributed by atoms with van der Waals surface area (Å²) in [5.41, 5.74) is -2.06. The highest BCUT2D eigenvalue weighted by molar-refractivity contribution is 6.02. The fourth-order valence-electron chi connectivity index (χ4n) is 1.81. The summed E-state index contributed by atoms with van der Waals surface area (Å²) in [4.78, 5) is 46.6. The van der Waals surface area contributed by atoms with Gasteiger partial charge in [0, 0.05) is 5.54 Å². The lowest BCUT2D eigenvalue weighted by molar-refractivity contribution is -0.129. The molecule has 0 saturated heterocycles. The number of hydrogen-bond acceptors (Lipinski definition) is 4. The van der Waals surface area contributed by atoms with Crippen molar-refractivity contribution in [1.82, 2.24) is 14.3 Å². The van der Waals surface area contributed by atoms with E-state index in [1.54, 1.807) is 20.8 Å². The van der Waals surface area contributed by atoms with Crippen LogP contribution >= 0.6 is 0 Å². The second-order valence-corrected chi connectivity index (χ2v) is 5.20. The molecule has 0 aliphatic carbocycles. The molecule has 7 heteroatoms. The number of rotatable bonds is 3. The number of nitrogens with zero attached hydrogens (tertiary/aromatic N) is 2. The smallest absolute Gasteiger partial charge is 0.297 e. The van der Waals surface area contributed by atoms with Crippen molar-refractivity contribution >= 4 is 11.6 Å². The van der Waals surface area contributed by atoms with Gasteiger partial charge in [0.1, 0.15) is 0 Å². The molecular weight excluding hydrogens is 238 g/mol. The normalized spacial score (nSPS) is 11.9. The van der Waals surface area contributed by atoms with Crippen molar-refractivity contribution in [3.8, 4) is 0 Å². The monoisotopic (exact) mass is 255 g/mol. The minimum absolute atomic E-state index is 0.494. The maximum absolute atomic E-state index is 12.1. The van der Waals surface area contributed by atoms with Gasteiger partial charge in [-0.1, -0.05) is 0 Å². The van der Waals surface area contributed by atoms with Crippen LogP contribution in [0, 0.1) is 0 Å². The van der Waals surface area contributed by atoms with Crippen LogP contribution in [0.3, 0.4) is 0 Å². The lowest BCUT2D eigenvalue weighted by Crippen LogP contribution is -2.42. The summed E-state index contributed by atoms with van der Waals surface area (Å²) in [5, 5.41) is 2.25. The number of nitrogens with one attached hydrogen (secondary N) is 1. The van der Waals surface area contributed by atoms with Crippen molar-refractivity contribution in [2.75, 3.05) is 0 Å². The predicted molar refractivity (Wildman–Crippen MR) is 64.7 cm³/mol. The second-order valence-electron chi connectivity index (χ2n) is 5.20. The number of ketones is 2. The molecule has 0 unspecified atom stereocenters. The topological polar surface area (TPSA) is 93.9 Å². The van der Waals surface area contributed by atoms with Crippen LogP contribution < -0.4 is 11.4 Å². The molecule has 1 heterocycles. The summed E-state index contributed by atoms with van der Waals surface area (Å²) in [6, 6.07) is -1.27. The Labute approximate surface area is 103 Å². The molecule has 1 rings (SSSR count). The number of carbonyl (C=O) groups is 2. The standard InChI is InChI=1S/C11H17N3O4/c1-6(15)8(7(2)16)14-10(18)13(9(17)12-14)11(3,4)5/h8H,1-5H3,(H,12,17). The Balaban J connectivity index is 3.56. The van der Waals surface area contributed by atoms with Gasteiger partial charge in [-0.25, -0.2) is 23.9 Å². The summed E-state index contributed by atoms with van der Waals surface area (Å²) in [5.74, 6) is -0.987. The highest BCUT2D eigenvalue weighted by Crippen LogP contribution is 2.09. The molecule has 0 spiro atoms. The number of carbonyl (C=O) groups excluding carboxylic acids is 2. The maximum Gasteiger partial charge on any atom is 0.348 e. The SMILES string of the molecule is CC(=O)C(C(C)=O)n1[nH]c(=O)n(C(C)(C)C)c1=O. The van der Waals surface area contributed by atoms with E-state index in [0.717, 1.165) is 9.25 Å². The van der Waals surface area contributed by atoms with E-state index in [-0.39, 0.29) is 0 Å². The number of H-pyrrole nitrogens is 1. The van der Waals surface area contributed by atoms with Gasteiger partial charge < -0.3 is 0 Å². The summed E-state index contributed by atoms with van der Waals surface area (Å²) < 4.78 is 1.77. The Kier molecular flexibility index (Phi) is 3.45. The molecule has 0 radical (unpaired) electrons. The van der Waals surface area contributed by atoms with Crippen LogP contribution in [0.1, 0.15) is 40.7 Å². The second kappa shape index (κ2) is 4.40. The molecule has 0 saturated carbocycles. The van der Waals surface area contributed by atoms with Gasteiger partial charge in [-0.05, 0) is 34.6 Å². The molecule has 7 nitrogen and oxygen atoms in total. The Hall–Kier alpha value is -1.92. The molecule has 0 aliphatic rings.